The van der Waals surface area contributed by atoms with E-state index >= 15 is 0 Å². The van der Waals surface area contributed by atoms with Crippen molar-refractivity contribution >= 4 is 11.8 Å². The smallest absolute Gasteiger partial charge is 0.0169 e. The van der Waals surface area contributed by atoms with Gasteiger partial charge in [-0.05, 0) is 43.4 Å². The number of hydrogen-bond acceptors (Lipinski definition) is 2. The first-order valence-corrected chi connectivity index (χ1v) is 5.84. The molecule has 1 unspecified atom stereocenters. The molecule has 0 bridgehead atoms. The van der Waals surface area contributed by atoms with Crippen LogP contribution >= 0.6 is 11.8 Å². The Hall–Kier alpha value is -0.210. The molecule has 0 radical (unpaired) electrons. The molecule has 0 heterocycles. The van der Waals surface area contributed by atoms with Crippen molar-refractivity contribution in [1.29, 1.82) is 0 Å². The normalized spacial score (nSPS) is 17.6. The number of nitrogens with two attached hydrogens (primary N) is 1. The van der Waals surface area contributed by atoms with E-state index in [1.807, 2.05) is 6.08 Å². The Balaban J connectivity index is 4.56. The van der Waals surface area contributed by atoms with E-state index in [1.54, 1.807) is 11.8 Å². The molecule has 0 aliphatic heterocycles. The third-order valence-electron chi connectivity index (χ3n) is 2.36. The molecular formula is C11H21NS. The van der Waals surface area contributed by atoms with Crippen molar-refractivity contribution in [2.45, 2.75) is 39.2 Å². The zero-order chi connectivity index (χ0) is 10.5. The molecule has 0 aliphatic carbocycles. The maximum Gasteiger partial charge on any atom is 0.0169 e. The molecule has 2 N–H and O–H groups in total. The van der Waals surface area contributed by atoms with Crippen molar-refractivity contribution in [3.8, 4) is 0 Å². The number of hydrogen-bond donors (Lipinski definition) is 1. The van der Waals surface area contributed by atoms with E-state index in [-0.39, 0.29) is 5.54 Å². The molecule has 0 spiro atoms. The van der Waals surface area contributed by atoms with E-state index < -0.39 is 0 Å². The highest BCUT2D eigenvalue weighted by molar-refractivity contribution is 8.02. The van der Waals surface area contributed by atoms with Crippen LogP contribution in [-0.4, -0.2) is 11.8 Å². The molecule has 1 atom stereocenters. The van der Waals surface area contributed by atoms with Gasteiger partial charge in [0.1, 0.15) is 0 Å². The second kappa shape index (κ2) is 5.51. The van der Waals surface area contributed by atoms with Crippen molar-refractivity contribution < 1.29 is 0 Å². The van der Waals surface area contributed by atoms with Crippen LogP contribution in [0.4, 0.5) is 0 Å². The Morgan fingerprint density at radius 3 is 2.46 bits per heavy atom. The average Bonchev–Trinajstić information content (AvgIpc) is 2.13. The molecule has 0 saturated carbocycles. The predicted molar refractivity (Wildman–Crippen MR) is 63.9 cm³/mol. The highest BCUT2D eigenvalue weighted by atomic mass is 32.2. The van der Waals surface area contributed by atoms with Gasteiger partial charge in [0.2, 0.25) is 0 Å². The fourth-order valence-corrected chi connectivity index (χ4v) is 1.86. The second-order valence-electron chi connectivity index (χ2n) is 3.70. The molecule has 2 heteroatoms. The van der Waals surface area contributed by atoms with Gasteiger partial charge in [0.15, 0.2) is 0 Å². The van der Waals surface area contributed by atoms with Crippen molar-refractivity contribution in [3.63, 3.8) is 0 Å². The van der Waals surface area contributed by atoms with Gasteiger partial charge in [-0.1, -0.05) is 19.6 Å². The third kappa shape index (κ3) is 4.53. The Labute approximate surface area is 86.5 Å². The summed E-state index contributed by atoms with van der Waals surface area (Å²) in [4.78, 5) is 1.35. The van der Waals surface area contributed by atoms with Crippen LogP contribution in [0, 0.1) is 0 Å². The van der Waals surface area contributed by atoms with E-state index in [0.29, 0.717) is 0 Å². The van der Waals surface area contributed by atoms with Crippen LogP contribution in [-0.2, 0) is 0 Å². The molecule has 0 aromatic heterocycles. The minimum absolute atomic E-state index is 0.0807. The first-order valence-electron chi connectivity index (χ1n) is 4.62. The number of rotatable bonds is 5. The van der Waals surface area contributed by atoms with Crippen LogP contribution in [0.3, 0.4) is 0 Å². The highest BCUT2D eigenvalue weighted by Crippen LogP contribution is 2.27. The summed E-state index contributed by atoms with van der Waals surface area (Å²) in [7, 11) is 0. The summed E-state index contributed by atoms with van der Waals surface area (Å²) >= 11 is 1.77. The molecule has 76 valence electrons. The Morgan fingerprint density at radius 1 is 1.62 bits per heavy atom. The summed E-state index contributed by atoms with van der Waals surface area (Å²) < 4.78 is 0. The van der Waals surface area contributed by atoms with Crippen LogP contribution in [0.5, 0.6) is 0 Å². The molecule has 0 saturated heterocycles. The summed E-state index contributed by atoms with van der Waals surface area (Å²) in [6.45, 7) is 10.1. The fraction of sp³-hybridized carbons (Fsp3) is 0.636. The van der Waals surface area contributed by atoms with Gasteiger partial charge in [-0.2, -0.15) is 0 Å². The lowest BCUT2D eigenvalue weighted by Gasteiger charge is -2.24. The topological polar surface area (TPSA) is 26.0 Å². The van der Waals surface area contributed by atoms with Gasteiger partial charge in [-0.25, -0.2) is 0 Å². The lowest BCUT2D eigenvalue weighted by atomic mass is 9.95. The molecule has 0 rings (SSSR count). The van der Waals surface area contributed by atoms with Gasteiger partial charge >= 0.3 is 0 Å². The summed E-state index contributed by atoms with van der Waals surface area (Å²) in [5.74, 6) is 0. The van der Waals surface area contributed by atoms with Crippen LogP contribution in [0.2, 0.25) is 0 Å². The highest BCUT2D eigenvalue weighted by Gasteiger charge is 2.17. The Bertz CT molecular complexity index is 204. The van der Waals surface area contributed by atoms with Crippen molar-refractivity contribution in [1.82, 2.24) is 0 Å². The van der Waals surface area contributed by atoms with Gasteiger partial charge in [-0.15, -0.1) is 11.8 Å². The van der Waals surface area contributed by atoms with Crippen molar-refractivity contribution in [2.75, 3.05) is 6.26 Å². The Morgan fingerprint density at radius 2 is 2.15 bits per heavy atom. The molecule has 13 heavy (non-hydrogen) atoms. The maximum atomic E-state index is 6.10. The molecule has 0 aliphatic rings. The van der Waals surface area contributed by atoms with Gasteiger partial charge in [0, 0.05) is 5.54 Å². The van der Waals surface area contributed by atoms with Gasteiger partial charge in [0.05, 0.1) is 0 Å². The van der Waals surface area contributed by atoms with Crippen molar-refractivity contribution in [2.24, 2.45) is 5.73 Å². The van der Waals surface area contributed by atoms with E-state index in [1.165, 1.54) is 10.5 Å². The molecular weight excluding hydrogens is 178 g/mol. The largest absolute Gasteiger partial charge is 0.325 e. The minimum Gasteiger partial charge on any atom is -0.325 e. The van der Waals surface area contributed by atoms with Gasteiger partial charge < -0.3 is 5.73 Å². The summed E-state index contributed by atoms with van der Waals surface area (Å²) in [6, 6.07) is 0. The van der Waals surface area contributed by atoms with E-state index in [4.69, 9.17) is 5.73 Å². The van der Waals surface area contributed by atoms with Gasteiger partial charge in [-0.3, -0.25) is 0 Å². The first kappa shape index (κ1) is 12.8. The minimum atomic E-state index is -0.0807. The number of allylic oxidation sites excluding steroid dienone is 2. The van der Waals surface area contributed by atoms with Crippen LogP contribution < -0.4 is 5.73 Å². The zero-order valence-corrected chi connectivity index (χ0v) is 10.0. The summed E-state index contributed by atoms with van der Waals surface area (Å²) in [5, 5.41) is 0. The van der Waals surface area contributed by atoms with E-state index in [9.17, 15) is 0 Å². The van der Waals surface area contributed by atoms with E-state index in [2.05, 4.69) is 33.6 Å². The average molecular weight is 199 g/mol. The first-order chi connectivity index (χ1) is 5.96. The summed E-state index contributed by atoms with van der Waals surface area (Å²) in [6.07, 6.45) is 5.94. The SMILES string of the molecule is C=C/C(C)=C(/CC(C)(N)CC)SC. The summed E-state index contributed by atoms with van der Waals surface area (Å²) in [5.41, 5.74) is 7.27. The van der Waals surface area contributed by atoms with Crippen LogP contribution in [0.15, 0.2) is 23.1 Å². The standard InChI is InChI=1S/C11H21NS/c1-6-9(3)10(13-5)8-11(4,12)7-2/h6H,1,7-8,12H2,2-5H3/b10-9-. The lowest BCUT2D eigenvalue weighted by Crippen LogP contribution is -2.35. The lowest BCUT2D eigenvalue weighted by molar-refractivity contribution is 0.455. The zero-order valence-electron chi connectivity index (χ0n) is 9.18. The number of thioether (sulfide) groups is 1. The van der Waals surface area contributed by atoms with Crippen LogP contribution in [0.25, 0.3) is 0 Å². The van der Waals surface area contributed by atoms with Crippen LogP contribution in [0.1, 0.15) is 33.6 Å². The molecule has 0 amide bonds. The Kier molecular flexibility index (Phi) is 5.42. The van der Waals surface area contributed by atoms with Crippen molar-refractivity contribution in [3.05, 3.63) is 23.1 Å². The maximum absolute atomic E-state index is 6.10. The quantitative estimate of drug-likeness (QED) is 0.687. The monoisotopic (exact) mass is 199 g/mol. The van der Waals surface area contributed by atoms with E-state index in [0.717, 1.165) is 12.8 Å². The molecule has 1 nitrogen and oxygen atoms in total. The fourth-order valence-electron chi connectivity index (χ4n) is 0.978. The molecule has 0 aromatic carbocycles. The van der Waals surface area contributed by atoms with Gasteiger partial charge in [0.25, 0.3) is 0 Å². The second-order valence-corrected chi connectivity index (χ2v) is 4.60. The third-order valence-corrected chi connectivity index (χ3v) is 3.32. The molecule has 0 aromatic rings. The predicted octanol–water partition coefficient (Wildman–Crippen LogP) is 3.33. The molecule has 0 fully saturated rings.